The third-order valence-electron chi connectivity index (χ3n) is 4.07. The summed E-state index contributed by atoms with van der Waals surface area (Å²) < 4.78 is 0. The molecule has 3 atom stereocenters. The van der Waals surface area contributed by atoms with E-state index in [1.165, 1.54) is 6.42 Å². The number of nitrogens with zero attached hydrogens (tertiary/aromatic N) is 1. The van der Waals surface area contributed by atoms with Gasteiger partial charge in [0.25, 0.3) is 0 Å². The van der Waals surface area contributed by atoms with Gasteiger partial charge < -0.3 is 15.3 Å². The molecule has 5 nitrogen and oxygen atoms in total. The summed E-state index contributed by atoms with van der Waals surface area (Å²) in [4.78, 5) is 24.5. The van der Waals surface area contributed by atoms with Gasteiger partial charge in [0.1, 0.15) is 0 Å². The zero-order valence-electron chi connectivity index (χ0n) is 10.4. The molecule has 1 aliphatic heterocycles. The first-order valence-electron chi connectivity index (χ1n) is 6.18. The van der Waals surface area contributed by atoms with Gasteiger partial charge in [0.15, 0.2) is 0 Å². The second kappa shape index (κ2) is 4.20. The third-order valence-corrected chi connectivity index (χ3v) is 4.07. The van der Waals surface area contributed by atoms with Crippen LogP contribution in [0.4, 0.5) is 4.79 Å². The van der Waals surface area contributed by atoms with E-state index in [-0.39, 0.29) is 6.03 Å². The highest BCUT2D eigenvalue weighted by Crippen LogP contribution is 2.37. The third kappa shape index (κ3) is 2.53. The molecule has 1 aliphatic carbocycles. The average molecular weight is 240 g/mol. The van der Waals surface area contributed by atoms with E-state index in [0.717, 1.165) is 12.5 Å². The van der Waals surface area contributed by atoms with Crippen molar-refractivity contribution >= 4 is 12.0 Å². The van der Waals surface area contributed by atoms with Crippen molar-refractivity contribution in [2.24, 2.45) is 17.3 Å². The topological polar surface area (TPSA) is 69.6 Å². The van der Waals surface area contributed by atoms with E-state index in [9.17, 15) is 9.59 Å². The van der Waals surface area contributed by atoms with Crippen LogP contribution in [-0.2, 0) is 4.79 Å². The number of likely N-dealkylation sites (tertiary alicyclic amines) is 1. The van der Waals surface area contributed by atoms with Crippen LogP contribution < -0.4 is 5.32 Å². The number of carbonyl (C=O) groups is 2. The molecule has 2 aliphatic rings. The monoisotopic (exact) mass is 240 g/mol. The van der Waals surface area contributed by atoms with E-state index in [1.807, 2.05) is 0 Å². The van der Waals surface area contributed by atoms with Crippen molar-refractivity contribution in [2.45, 2.75) is 26.7 Å². The van der Waals surface area contributed by atoms with Crippen LogP contribution in [0.15, 0.2) is 0 Å². The van der Waals surface area contributed by atoms with Crippen LogP contribution in [0.5, 0.6) is 0 Å². The Balaban J connectivity index is 1.79. The summed E-state index contributed by atoms with van der Waals surface area (Å²) in [6.45, 7) is 5.45. The number of hydrogen-bond donors (Lipinski definition) is 2. The summed E-state index contributed by atoms with van der Waals surface area (Å²) in [5, 5.41) is 12.0. The fourth-order valence-electron chi connectivity index (χ4n) is 2.32. The van der Waals surface area contributed by atoms with Crippen molar-refractivity contribution in [1.29, 1.82) is 0 Å². The van der Waals surface area contributed by atoms with Crippen molar-refractivity contribution < 1.29 is 14.7 Å². The molecule has 2 fully saturated rings. The highest BCUT2D eigenvalue weighted by atomic mass is 16.4. The van der Waals surface area contributed by atoms with Crippen LogP contribution in [0.25, 0.3) is 0 Å². The lowest BCUT2D eigenvalue weighted by molar-refractivity contribution is -0.146. The largest absolute Gasteiger partial charge is 0.481 e. The summed E-state index contributed by atoms with van der Waals surface area (Å²) >= 11 is 0. The number of rotatable bonds is 3. The summed E-state index contributed by atoms with van der Waals surface area (Å²) in [6.07, 6.45) is 1.72. The van der Waals surface area contributed by atoms with Gasteiger partial charge in [-0.15, -0.1) is 0 Å². The lowest BCUT2D eigenvalue weighted by atomic mass is 9.90. The Morgan fingerprint density at radius 2 is 2.18 bits per heavy atom. The van der Waals surface area contributed by atoms with Gasteiger partial charge in [0, 0.05) is 19.6 Å². The molecule has 0 radical (unpaired) electrons. The minimum absolute atomic E-state index is 0.117. The standard InChI is InChI=1S/C12H20N2O3/c1-8-5-9(8)6-13-11(17)14-4-3-12(2,7-14)10(15)16/h8-9H,3-7H2,1-2H3,(H,13,17)(H,15,16). The lowest BCUT2D eigenvalue weighted by Gasteiger charge is -2.20. The fraction of sp³-hybridized carbons (Fsp3) is 0.833. The molecule has 0 bridgehead atoms. The van der Waals surface area contributed by atoms with E-state index in [0.29, 0.717) is 25.4 Å². The molecule has 0 spiro atoms. The van der Waals surface area contributed by atoms with Gasteiger partial charge in [-0.25, -0.2) is 4.79 Å². The van der Waals surface area contributed by atoms with Gasteiger partial charge in [-0.2, -0.15) is 0 Å². The Hall–Kier alpha value is -1.26. The molecule has 0 aromatic carbocycles. The smallest absolute Gasteiger partial charge is 0.317 e. The molecule has 1 saturated carbocycles. The van der Waals surface area contributed by atoms with Gasteiger partial charge in [0.05, 0.1) is 5.41 Å². The predicted molar refractivity (Wildman–Crippen MR) is 62.6 cm³/mol. The van der Waals surface area contributed by atoms with Crippen molar-refractivity contribution in [2.75, 3.05) is 19.6 Å². The predicted octanol–water partition coefficient (Wildman–Crippen LogP) is 1.15. The molecule has 2 amide bonds. The molecule has 17 heavy (non-hydrogen) atoms. The summed E-state index contributed by atoms with van der Waals surface area (Å²) in [7, 11) is 0. The summed E-state index contributed by atoms with van der Waals surface area (Å²) in [5.41, 5.74) is -0.774. The summed E-state index contributed by atoms with van der Waals surface area (Å²) in [5.74, 6) is 0.522. The number of hydrogen-bond acceptors (Lipinski definition) is 2. The molecular formula is C12H20N2O3. The average Bonchev–Trinajstić information content (AvgIpc) is 2.80. The Morgan fingerprint density at radius 3 is 2.65 bits per heavy atom. The number of carbonyl (C=O) groups excluding carboxylic acids is 1. The Bertz CT molecular complexity index is 345. The SMILES string of the molecule is CC1CC1CNC(=O)N1CCC(C)(C(=O)O)C1. The highest BCUT2D eigenvalue weighted by Gasteiger charge is 2.42. The number of carboxylic acids is 1. The number of carboxylic acid groups (broad SMARTS) is 1. The molecule has 96 valence electrons. The lowest BCUT2D eigenvalue weighted by Crippen LogP contribution is -2.41. The maximum absolute atomic E-state index is 11.8. The van der Waals surface area contributed by atoms with E-state index in [1.54, 1.807) is 11.8 Å². The normalized spacial score (nSPS) is 35.8. The Labute approximate surface area is 101 Å². The highest BCUT2D eigenvalue weighted by molar-refractivity contribution is 5.79. The zero-order valence-corrected chi connectivity index (χ0v) is 10.4. The molecule has 2 rings (SSSR count). The van der Waals surface area contributed by atoms with Crippen LogP contribution >= 0.6 is 0 Å². The minimum Gasteiger partial charge on any atom is -0.481 e. The van der Waals surface area contributed by atoms with E-state index in [2.05, 4.69) is 12.2 Å². The number of nitrogens with one attached hydrogen (secondary N) is 1. The van der Waals surface area contributed by atoms with Gasteiger partial charge in [-0.1, -0.05) is 6.92 Å². The van der Waals surface area contributed by atoms with Gasteiger partial charge in [0.2, 0.25) is 0 Å². The van der Waals surface area contributed by atoms with Gasteiger partial charge in [-0.05, 0) is 31.6 Å². The van der Waals surface area contributed by atoms with Crippen LogP contribution in [-0.4, -0.2) is 41.6 Å². The van der Waals surface area contributed by atoms with Crippen LogP contribution in [0, 0.1) is 17.3 Å². The molecule has 0 aromatic heterocycles. The Kier molecular flexibility index (Phi) is 3.02. The van der Waals surface area contributed by atoms with Crippen molar-refractivity contribution in [3.63, 3.8) is 0 Å². The first-order chi connectivity index (χ1) is 7.92. The molecule has 1 saturated heterocycles. The number of urea groups is 1. The van der Waals surface area contributed by atoms with Crippen LogP contribution in [0.2, 0.25) is 0 Å². The fourth-order valence-corrected chi connectivity index (χ4v) is 2.32. The molecular weight excluding hydrogens is 220 g/mol. The van der Waals surface area contributed by atoms with E-state index >= 15 is 0 Å². The quantitative estimate of drug-likeness (QED) is 0.777. The van der Waals surface area contributed by atoms with E-state index < -0.39 is 11.4 Å². The minimum atomic E-state index is -0.816. The second-order valence-corrected chi connectivity index (χ2v) is 5.70. The number of aliphatic carboxylic acids is 1. The Morgan fingerprint density at radius 1 is 1.53 bits per heavy atom. The first-order valence-corrected chi connectivity index (χ1v) is 6.18. The molecule has 3 unspecified atom stereocenters. The molecule has 5 heteroatoms. The van der Waals surface area contributed by atoms with Crippen LogP contribution in [0.1, 0.15) is 26.7 Å². The van der Waals surface area contributed by atoms with E-state index in [4.69, 9.17) is 5.11 Å². The number of amides is 2. The second-order valence-electron chi connectivity index (χ2n) is 5.70. The van der Waals surface area contributed by atoms with Crippen LogP contribution in [0.3, 0.4) is 0 Å². The maximum Gasteiger partial charge on any atom is 0.317 e. The summed E-state index contributed by atoms with van der Waals surface area (Å²) in [6, 6.07) is -0.117. The molecule has 1 heterocycles. The van der Waals surface area contributed by atoms with Crippen molar-refractivity contribution in [1.82, 2.24) is 10.2 Å². The molecule has 2 N–H and O–H groups in total. The molecule has 0 aromatic rings. The first kappa shape index (κ1) is 12.2. The maximum atomic E-state index is 11.8. The van der Waals surface area contributed by atoms with Crippen molar-refractivity contribution in [3.8, 4) is 0 Å². The zero-order chi connectivity index (χ0) is 12.6. The van der Waals surface area contributed by atoms with Crippen molar-refractivity contribution in [3.05, 3.63) is 0 Å². The van der Waals surface area contributed by atoms with Gasteiger partial charge in [-0.3, -0.25) is 4.79 Å². The van der Waals surface area contributed by atoms with Gasteiger partial charge >= 0.3 is 12.0 Å².